The molecule has 8 heteroatoms. The third kappa shape index (κ3) is 2.70. The molecule has 0 saturated carbocycles. The van der Waals surface area contributed by atoms with Crippen molar-refractivity contribution < 1.29 is 4.74 Å². The van der Waals surface area contributed by atoms with Crippen molar-refractivity contribution in [2.75, 3.05) is 12.8 Å². The number of halogens is 1. The molecule has 2 aromatic heterocycles. The zero-order valence-electron chi connectivity index (χ0n) is 13.1. The van der Waals surface area contributed by atoms with Crippen LogP contribution in [-0.2, 0) is 0 Å². The van der Waals surface area contributed by atoms with Gasteiger partial charge in [-0.2, -0.15) is 0 Å². The van der Waals surface area contributed by atoms with Crippen molar-refractivity contribution in [3.05, 3.63) is 51.4 Å². The summed E-state index contributed by atoms with van der Waals surface area (Å²) in [5.41, 5.74) is 8.94. The number of anilines is 1. The lowest BCUT2D eigenvalue weighted by molar-refractivity contribution is 0.413. The van der Waals surface area contributed by atoms with Crippen LogP contribution in [0.2, 0.25) is 5.02 Å². The van der Waals surface area contributed by atoms with Crippen molar-refractivity contribution in [2.24, 2.45) is 0 Å². The maximum absolute atomic E-state index is 6.41. The molecule has 4 rings (SSSR count). The third-order valence-electron chi connectivity index (χ3n) is 3.83. The number of fused-ring (bicyclic) bond motifs is 1. The van der Waals surface area contributed by atoms with Gasteiger partial charge in [0.15, 0.2) is 9.78 Å². The Morgan fingerprint density at radius 3 is 2.84 bits per heavy atom. The number of nitrogens with zero attached hydrogens (tertiary/aromatic N) is 2. The van der Waals surface area contributed by atoms with Crippen LogP contribution in [0, 0.1) is 3.95 Å². The number of aromatic amines is 1. The van der Waals surface area contributed by atoms with E-state index in [0.29, 0.717) is 32.1 Å². The number of rotatable bonds is 3. The number of para-hydroxylation sites is 2. The number of imidazole rings is 1. The van der Waals surface area contributed by atoms with Gasteiger partial charge in [0, 0.05) is 5.02 Å². The van der Waals surface area contributed by atoms with Crippen molar-refractivity contribution in [1.82, 2.24) is 14.5 Å². The molecule has 4 aromatic rings. The van der Waals surface area contributed by atoms with Crippen LogP contribution < -0.4 is 10.5 Å². The Labute approximate surface area is 157 Å². The second kappa shape index (κ2) is 6.18. The van der Waals surface area contributed by atoms with Crippen LogP contribution in [-0.4, -0.2) is 21.6 Å². The monoisotopic (exact) mass is 388 g/mol. The van der Waals surface area contributed by atoms with Crippen molar-refractivity contribution in [1.29, 1.82) is 0 Å². The first kappa shape index (κ1) is 16.1. The number of H-pyrrole nitrogens is 1. The average Bonchev–Trinajstić information content (AvgIpc) is 3.15. The SMILES string of the molecule is COc1ccc(Cl)cc1-n1c(N)c(-c2nc3ccccc3[nH]2)sc1=S. The first-order valence-electron chi connectivity index (χ1n) is 7.39. The predicted molar refractivity (Wildman–Crippen MR) is 106 cm³/mol. The number of thiazole rings is 1. The second-order valence-electron chi connectivity index (χ2n) is 5.34. The molecular formula is C17H13ClN4OS2. The molecule has 0 spiro atoms. The fourth-order valence-corrected chi connectivity index (χ4v) is 4.15. The van der Waals surface area contributed by atoms with Gasteiger partial charge in [0.05, 0.1) is 23.8 Å². The van der Waals surface area contributed by atoms with Crippen molar-refractivity contribution in [2.45, 2.75) is 0 Å². The molecule has 5 nitrogen and oxygen atoms in total. The van der Waals surface area contributed by atoms with E-state index < -0.39 is 0 Å². The maximum atomic E-state index is 6.41. The largest absolute Gasteiger partial charge is 0.495 e. The standard InChI is InChI=1S/C17H13ClN4OS2/c1-23-13-7-6-9(18)8-12(13)22-15(19)14(25-17(22)24)16-20-10-4-2-3-5-11(10)21-16/h2-8H,19H2,1H3,(H,20,21). The van der Waals surface area contributed by atoms with Crippen LogP contribution in [0.25, 0.3) is 27.4 Å². The molecule has 0 fully saturated rings. The number of aromatic nitrogens is 3. The molecule has 0 aliphatic carbocycles. The number of nitrogen functional groups attached to an aromatic ring is 1. The van der Waals surface area contributed by atoms with Crippen LogP contribution in [0.5, 0.6) is 5.75 Å². The quantitative estimate of drug-likeness (QED) is 0.481. The Morgan fingerprint density at radius 2 is 2.08 bits per heavy atom. The molecule has 0 bridgehead atoms. The summed E-state index contributed by atoms with van der Waals surface area (Å²) in [4.78, 5) is 8.68. The van der Waals surface area contributed by atoms with E-state index in [9.17, 15) is 0 Å². The topological polar surface area (TPSA) is 68.9 Å². The fourth-order valence-electron chi connectivity index (χ4n) is 2.68. The number of hydrogen-bond donors (Lipinski definition) is 2. The van der Waals surface area contributed by atoms with Crippen LogP contribution in [0.1, 0.15) is 0 Å². The molecule has 3 N–H and O–H groups in total. The molecule has 0 atom stereocenters. The smallest absolute Gasteiger partial charge is 0.168 e. The maximum Gasteiger partial charge on any atom is 0.168 e. The minimum Gasteiger partial charge on any atom is -0.495 e. The highest BCUT2D eigenvalue weighted by molar-refractivity contribution is 7.73. The van der Waals surface area contributed by atoms with E-state index in [1.165, 1.54) is 11.3 Å². The summed E-state index contributed by atoms with van der Waals surface area (Å²) in [7, 11) is 1.60. The third-order valence-corrected chi connectivity index (χ3v) is 5.46. The van der Waals surface area contributed by atoms with E-state index >= 15 is 0 Å². The van der Waals surface area contributed by atoms with Crippen LogP contribution >= 0.6 is 35.2 Å². The van der Waals surface area contributed by atoms with Gasteiger partial charge in [0.1, 0.15) is 16.4 Å². The van der Waals surface area contributed by atoms with Gasteiger partial charge in [-0.15, -0.1) is 0 Å². The molecular weight excluding hydrogens is 376 g/mol. The molecule has 25 heavy (non-hydrogen) atoms. The molecule has 0 radical (unpaired) electrons. The first-order chi connectivity index (χ1) is 12.1. The van der Waals surface area contributed by atoms with Crippen LogP contribution in [0.4, 0.5) is 5.82 Å². The summed E-state index contributed by atoms with van der Waals surface area (Å²) in [6, 6.07) is 13.1. The Balaban J connectivity index is 1.93. The van der Waals surface area contributed by atoms with E-state index in [0.717, 1.165) is 15.9 Å². The second-order valence-corrected chi connectivity index (χ2v) is 7.42. The molecule has 0 saturated heterocycles. The molecule has 0 amide bonds. The molecule has 2 aromatic carbocycles. The van der Waals surface area contributed by atoms with E-state index in [2.05, 4.69) is 9.97 Å². The summed E-state index contributed by atoms with van der Waals surface area (Å²) in [6.07, 6.45) is 0. The minimum absolute atomic E-state index is 0.495. The molecule has 0 aliphatic heterocycles. The summed E-state index contributed by atoms with van der Waals surface area (Å²) in [6.45, 7) is 0. The molecule has 126 valence electrons. The van der Waals surface area contributed by atoms with Gasteiger partial charge in [-0.3, -0.25) is 4.57 Å². The lowest BCUT2D eigenvalue weighted by Crippen LogP contribution is -2.03. The van der Waals surface area contributed by atoms with Crippen molar-refractivity contribution in [3.63, 3.8) is 0 Å². The highest BCUT2D eigenvalue weighted by atomic mass is 35.5. The number of methoxy groups -OCH3 is 1. The Hall–Kier alpha value is -2.35. The minimum atomic E-state index is 0.495. The van der Waals surface area contributed by atoms with Gasteiger partial charge in [0.25, 0.3) is 0 Å². The number of ether oxygens (including phenoxy) is 1. The average molecular weight is 389 g/mol. The van der Waals surface area contributed by atoms with Crippen LogP contribution in [0.15, 0.2) is 42.5 Å². The lowest BCUT2D eigenvalue weighted by atomic mass is 10.3. The predicted octanol–water partition coefficient (Wildman–Crippen LogP) is 5.06. The Morgan fingerprint density at radius 1 is 1.28 bits per heavy atom. The Kier molecular flexibility index (Phi) is 3.99. The number of nitrogens with one attached hydrogen (secondary N) is 1. The summed E-state index contributed by atoms with van der Waals surface area (Å²) >= 11 is 13.1. The van der Waals surface area contributed by atoms with Gasteiger partial charge >= 0.3 is 0 Å². The number of benzene rings is 2. The zero-order valence-corrected chi connectivity index (χ0v) is 15.5. The fraction of sp³-hybridized carbons (Fsp3) is 0.0588. The highest BCUT2D eigenvalue weighted by Crippen LogP contribution is 2.37. The van der Waals surface area contributed by atoms with Gasteiger partial charge in [0.2, 0.25) is 0 Å². The Bertz CT molecular complexity index is 1110. The number of hydrogen-bond acceptors (Lipinski definition) is 5. The van der Waals surface area contributed by atoms with Gasteiger partial charge in [-0.05, 0) is 42.5 Å². The van der Waals surface area contributed by atoms with Gasteiger partial charge < -0.3 is 15.5 Å². The van der Waals surface area contributed by atoms with E-state index in [1.54, 1.807) is 29.9 Å². The van der Waals surface area contributed by atoms with Gasteiger partial charge in [-0.25, -0.2) is 4.98 Å². The highest BCUT2D eigenvalue weighted by Gasteiger charge is 2.18. The molecule has 2 heterocycles. The van der Waals surface area contributed by atoms with E-state index in [1.807, 2.05) is 24.3 Å². The van der Waals surface area contributed by atoms with E-state index in [4.69, 9.17) is 34.3 Å². The zero-order chi connectivity index (χ0) is 17.6. The van der Waals surface area contributed by atoms with Crippen molar-refractivity contribution >= 4 is 52.0 Å². The summed E-state index contributed by atoms with van der Waals surface area (Å²) < 4.78 is 7.78. The molecule has 0 unspecified atom stereocenters. The van der Waals surface area contributed by atoms with Crippen molar-refractivity contribution in [3.8, 4) is 22.1 Å². The summed E-state index contributed by atoms with van der Waals surface area (Å²) in [5.74, 6) is 1.82. The lowest BCUT2D eigenvalue weighted by Gasteiger charge is -2.11. The van der Waals surface area contributed by atoms with E-state index in [-0.39, 0.29) is 0 Å². The normalized spacial score (nSPS) is 11.1. The first-order valence-corrected chi connectivity index (χ1v) is 8.99. The van der Waals surface area contributed by atoms with Crippen LogP contribution in [0.3, 0.4) is 0 Å². The van der Waals surface area contributed by atoms with Gasteiger partial charge in [-0.1, -0.05) is 35.1 Å². The molecule has 0 aliphatic rings. The number of nitrogens with two attached hydrogens (primary N) is 1. The summed E-state index contributed by atoms with van der Waals surface area (Å²) in [5, 5.41) is 0.577.